The van der Waals surface area contributed by atoms with Crippen molar-refractivity contribution >= 4 is 35.1 Å². The molecule has 0 aromatic heterocycles. The number of esters is 1. The molecule has 3 saturated heterocycles. The predicted octanol–water partition coefficient (Wildman–Crippen LogP) is 5.11. The van der Waals surface area contributed by atoms with Crippen LogP contribution in [0, 0.1) is 0 Å². The van der Waals surface area contributed by atoms with Gasteiger partial charge in [0.1, 0.15) is 30.3 Å². The number of aromatic hydroxyl groups is 1. The Bertz CT molecular complexity index is 2290. The van der Waals surface area contributed by atoms with Crippen LogP contribution < -0.4 is 19.9 Å². The van der Waals surface area contributed by atoms with Gasteiger partial charge in [-0.25, -0.2) is 0 Å². The molecule has 4 aromatic rings. The lowest BCUT2D eigenvalue weighted by atomic mass is 9.69. The Hall–Kier alpha value is -5.88. The molecule has 5 heterocycles. The summed E-state index contributed by atoms with van der Waals surface area (Å²) in [5.41, 5.74) is 8.57. The number of ether oxygens (including phenoxy) is 2. The minimum atomic E-state index is -0.675. The molecule has 3 amide bonds. The minimum absolute atomic E-state index is 0.0468. The van der Waals surface area contributed by atoms with Crippen molar-refractivity contribution in [1.29, 1.82) is 0 Å². The molecule has 3 fully saturated rings. The molecule has 304 valence electrons. The van der Waals surface area contributed by atoms with E-state index in [1.807, 2.05) is 24.3 Å². The first kappa shape index (κ1) is 37.4. The Morgan fingerprint density at radius 1 is 0.831 bits per heavy atom. The van der Waals surface area contributed by atoms with Crippen LogP contribution in [0.4, 0.5) is 11.4 Å². The number of benzene rings is 4. The maximum absolute atomic E-state index is 13.3. The minimum Gasteiger partial charge on any atom is -0.508 e. The van der Waals surface area contributed by atoms with E-state index in [0.717, 1.165) is 50.0 Å². The van der Waals surface area contributed by atoms with Gasteiger partial charge < -0.3 is 29.3 Å². The van der Waals surface area contributed by atoms with E-state index in [2.05, 4.69) is 80.7 Å². The van der Waals surface area contributed by atoms with Gasteiger partial charge in [-0.05, 0) is 83.8 Å². The summed E-state index contributed by atoms with van der Waals surface area (Å²) in [7, 11) is 0. The first-order chi connectivity index (χ1) is 28.8. The number of imide groups is 1. The maximum atomic E-state index is 13.3. The summed E-state index contributed by atoms with van der Waals surface area (Å²) in [6, 6.07) is 28.7. The van der Waals surface area contributed by atoms with E-state index in [1.165, 1.54) is 27.9 Å². The number of piperazine rings is 1. The SMILES string of the molecule is O=C1CC[C@H](N2Cc3c(ccc4c3OC[C@H]3CN(CC(=O)OC5CCN(c6ccc([C@@H]7c8ccc(O)cc8CC[C@@H]7c7ccccc7)cc6)CC5)CCN43)C2=O)C(=O)N1. The number of fused-ring (bicyclic) bond motifs is 6. The Labute approximate surface area is 343 Å². The van der Waals surface area contributed by atoms with Gasteiger partial charge in [0.15, 0.2) is 0 Å². The van der Waals surface area contributed by atoms with E-state index in [0.29, 0.717) is 55.6 Å². The van der Waals surface area contributed by atoms with Gasteiger partial charge in [-0.2, -0.15) is 0 Å². The molecule has 0 saturated carbocycles. The fourth-order valence-electron chi connectivity index (χ4n) is 10.5. The molecule has 0 unspecified atom stereocenters. The molecule has 6 aliphatic rings. The van der Waals surface area contributed by atoms with Crippen molar-refractivity contribution in [3.8, 4) is 11.5 Å². The molecule has 5 aliphatic heterocycles. The maximum Gasteiger partial charge on any atom is 0.320 e. The second-order valence-corrected chi connectivity index (χ2v) is 16.9. The van der Waals surface area contributed by atoms with Crippen molar-refractivity contribution < 1.29 is 33.8 Å². The molecule has 2 N–H and O–H groups in total. The lowest BCUT2D eigenvalue weighted by Gasteiger charge is -2.45. The van der Waals surface area contributed by atoms with Crippen LogP contribution in [0.25, 0.3) is 0 Å². The third-order valence-corrected chi connectivity index (χ3v) is 13.5. The van der Waals surface area contributed by atoms with Gasteiger partial charge >= 0.3 is 5.97 Å². The van der Waals surface area contributed by atoms with Crippen LogP contribution in [0.15, 0.2) is 84.9 Å². The fraction of sp³-hybridized carbons (Fsp3) is 0.404. The summed E-state index contributed by atoms with van der Waals surface area (Å²) in [5, 5.41) is 12.6. The zero-order chi connectivity index (χ0) is 40.2. The first-order valence-electron chi connectivity index (χ1n) is 21.1. The Kier molecular flexibility index (Phi) is 9.74. The summed E-state index contributed by atoms with van der Waals surface area (Å²) in [4.78, 5) is 59.3. The van der Waals surface area contributed by atoms with Gasteiger partial charge in [-0.1, -0.05) is 48.5 Å². The predicted molar refractivity (Wildman–Crippen MR) is 221 cm³/mol. The third kappa shape index (κ3) is 7.07. The summed E-state index contributed by atoms with van der Waals surface area (Å²) >= 11 is 0. The summed E-state index contributed by atoms with van der Waals surface area (Å²) < 4.78 is 12.4. The molecule has 0 spiro atoms. The highest BCUT2D eigenvalue weighted by Gasteiger charge is 2.43. The number of phenolic OH excluding ortho intramolecular Hbond substituents is 1. The summed E-state index contributed by atoms with van der Waals surface area (Å²) in [6.07, 6.45) is 3.94. The molecule has 4 atom stereocenters. The number of aryl methyl sites for hydroxylation is 1. The van der Waals surface area contributed by atoms with Crippen molar-refractivity contribution in [2.75, 3.05) is 55.7 Å². The van der Waals surface area contributed by atoms with E-state index >= 15 is 0 Å². The van der Waals surface area contributed by atoms with Gasteiger partial charge in [0, 0.05) is 74.7 Å². The second-order valence-electron chi connectivity index (χ2n) is 16.9. The van der Waals surface area contributed by atoms with Crippen molar-refractivity contribution in [2.45, 2.75) is 75.1 Å². The average Bonchev–Trinajstić information content (AvgIpc) is 3.59. The Morgan fingerprint density at radius 2 is 1.64 bits per heavy atom. The molecule has 1 aliphatic carbocycles. The van der Waals surface area contributed by atoms with Gasteiger partial charge in [-0.15, -0.1) is 0 Å². The number of carbonyl (C=O) groups is 4. The number of piperidine rings is 2. The van der Waals surface area contributed by atoms with Crippen LogP contribution in [0.1, 0.15) is 82.1 Å². The van der Waals surface area contributed by atoms with E-state index in [1.54, 1.807) is 4.90 Å². The molecule has 59 heavy (non-hydrogen) atoms. The number of anilines is 2. The van der Waals surface area contributed by atoms with Crippen LogP contribution in [0.2, 0.25) is 0 Å². The lowest BCUT2D eigenvalue weighted by molar-refractivity contribution is -0.151. The van der Waals surface area contributed by atoms with E-state index < -0.39 is 11.9 Å². The van der Waals surface area contributed by atoms with Gasteiger partial charge in [0.25, 0.3) is 5.91 Å². The Balaban J connectivity index is 0.725. The van der Waals surface area contributed by atoms with Crippen molar-refractivity contribution in [3.63, 3.8) is 0 Å². The van der Waals surface area contributed by atoms with Crippen molar-refractivity contribution in [2.24, 2.45) is 0 Å². The highest BCUT2D eigenvalue weighted by atomic mass is 16.5. The molecular weight excluding hydrogens is 747 g/mol. The quantitative estimate of drug-likeness (QED) is 0.192. The van der Waals surface area contributed by atoms with Crippen LogP contribution in [-0.2, 0) is 32.1 Å². The number of carbonyl (C=O) groups excluding carboxylic acids is 4. The third-order valence-electron chi connectivity index (χ3n) is 13.5. The number of hydrogen-bond acceptors (Lipinski definition) is 10. The van der Waals surface area contributed by atoms with Gasteiger partial charge in [0.05, 0.1) is 24.8 Å². The molecule has 4 aromatic carbocycles. The van der Waals surface area contributed by atoms with Gasteiger partial charge in [-0.3, -0.25) is 29.4 Å². The molecule has 12 nitrogen and oxygen atoms in total. The zero-order valence-electron chi connectivity index (χ0n) is 33.1. The zero-order valence-corrected chi connectivity index (χ0v) is 33.1. The van der Waals surface area contributed by atoms with Crippen LogP contribution in [-0.4, -0.2) is 103 Å². The largest absolute Gasteiger partial charge is 0.508 e. The van der Waals surface area contributed by atoms with Gasteiger partial charge in [0.2, 0.25) is 11.8 Å². The number of rotatable bonds is 7. The highest BCUT2D eigenvalue weighted by molar-refractivity contribution is 6.06. The van der Waals surface area contributed by atoms with E-state index in [9.17, 15) is 24.3 Å². The molecule has 10 rings (SSSR count). The van der Waals surface area contributed by atoms with Crippen LogP contribution >= 0.6 is 0 Å². The molecule has 12 heteroatoms. The van der Waals surface area contributed by atoms with Crippen LogP contribution in [0.5, 0.6) is 11.5 Å². The average molecular weight is 796 g/mol. The smallest absolute Gasteiger partial charge is 0.320 e. The second kappa shape index (κ2) is 15.4. The molecule has 0 radical (unpaired) electrons. The fourth-order valence-corrected chi connectivity index (χ4v) is 10.5. The van der Waals surface area contributed by atoms with Crippen LogP contribution in [0.3, 0.4) is 0 Å². The van der Waals surface area contributed by atoms with E-state index in [4.69, 9.17) is 9.47 Å². The lowest BCUT2D eigenvalue weighted by Crippen LogP contribution is -2.58. The number of nitrogens with zero attached hydrogens (tertiary/aromatic N) is 4. The molecular formula is C47H49N5O7. The normalized spacial score (nSPS) is 24.4. The summed E-state index contributed by atoms with van der Waals surface area (Å²) in [5.74, 6) is 0.424. The number of phenols is 1. The number of nitrogens with one attached hydrogen (secondary N) is 1. The number of hydrogen-bond donors (Lipinski definition) is 2. The first-order valence-corrected chi connectivity index (χ1v) is 21.1. The Morgan fingerprint density at radius 3 is 2.44 bits per heavy atom. The van der Waals surface area contributed by atoms with E-state index in [-0.39, 0.29) is 55.4 Å². The van der Waals surface area contributed by atoms with Crippen molar-refractivity contribution in [1.82, 2.24) is 15.1 Å². The monoisotopic (exact) mass is 795 g/mol. The summed E-state index contributed by atoms with van der Waals surface area (Å²) in [6.45, 7) is 4.60. The highest BCUT2D eigenvalue weighted by Crippen LogP contribution is 2.48. The number of amides is 3. The van der Waals surface area contributed by atoms with Crippen molar-refractivity contribution in [3.05, 3.63) is 118 Å². The molecule has 0 bridgehead atoms. The topological polar surface area (TPSA) is 132 Å². The standard InChI is InChI=1S/C47H49N5O7/c53-34-11-13-37-31(24-34)8-12-36(29-4-2-1-3-5-29)44(37)30-6-9-32(10-7-30)50-20-18-35(19-21-50)59-43(55)27-49-22-23-51-33(25-49)28-58-45-39-26-52(41-16-17-42(54)48-46(41)56)47(57)38(39)14-15-40(45)51/h1-7,9-11,13-15,24,33,35-36,41,44,53H,8,12,16-23,25-28H2,(H,48,54,56)/t33-,36-,41+,44+/m1/s1.